The molecule has 0 atom stereocenters. The van der Waals surface area contributed by atoms with E-state index < -0.39 is 17.2 Å². The van der Waals surface area contributed by atoms with E-state index in [1.54, 1.807) is 10.6 Å². The lowest BCUT2D eigenvalue weighted by Crippen LogP contribution is -2.44. The third-order valence-electron chi connectivity index (χ3n) is 4.56. The molecule has 8 heteroatoms. The van der Waals surface area contributed by atoms with Crippen molar-refractivity contribution in [2.24, 2.45) is 0 Å². The Kier molecular flexibility index (Phi) is 5.44. The number of carboxylic acids is 1. The van der Waals surface area contributed by atoms with Crippen molar-refractivity contribution < 1.29 is 19.8 Å². The molecular formula is C17H22FN3O4. The number of piperazine rings is 1. The minimum Gasteiger partial charge on any atom is -0.477 e. The number of hydrogen-bond acceptors (Lipinski definition) is 4. The van der Waals surface area contributed by atoms with Crippen LogP contribution in [0, 0.1) is 5.82 Å². The average Bonchev–Trinajstić information content (AvgIpc) is 2.56. The first-order valence-electron chi connectivity index (χ1n) is 7.96. The summed E-state index contributed by atoms with van der Waals surface area (Å²) < 4.78 is 16.3. The minimum atomic E-state index is -1.30. The fourth-order valence-corrected chi connectivity index (χ4v) is 3.10. The molecule has 0 saturated carbocycles. The second-order valence-corrected chi connectivity index (χ2v) is 6.07. The zero-order valence-corrected chi connectivity index (χ0v) is 14.3. The van der Waals surface area contributed by atoms with Gasteiger partial charge >= 0.3 is 5.97 Å². The van der Waals surface area contributed by atoms with Crippen molar-refractivity contribution in [3.63, 3.8) is 0 Å². The van der Waals surface area contributed by atoms with Crippen LogP contribution in [0.2, 0.25) is 0 Å². The van der Waals surface area contributed by atoms with Gasteiger partial charge in [-0.3, -0.25) is 4.79 Å². The van der Waals surface area contributed by atoms with Gasteiger partial charge in [0.2, 0.25) is 5.43 Å². The maximum atomic E-state index is 14.6. The fraction of sp³-hybridized carbons (Fsp3) is 0.412. The van der Waals surface area contributed by atoms with E-state index in [4.69, 9.17) is 0 Å². The molecule has 0 radical (unpaired) electrons. The van der Waals surface area contributed by atoms with Crippen molar-refractivity contribution >= 4 is 22.6 Å². The van der Waals surface area contributed by atoms with Crippen LogP contribution in [-0.4, -0.2) is 59.2 Å². The van der Waals surface area contributed by atoms with Gasteiger partial charge in [0.15, 0.2) is 0 Å². The van der Waals surface area contributed by atoms with Gasteiger partial charge < -0.3 is 24.9 Å². The number of anilines is 1. The molecule has 3 rings (SSSR count). The number of fused-ring (bicyclic) bond motifs is 1. The first-order chi connectivity index (χ1) is 11.4. The maximum absolute atomic E-state index is 14.6. The fourth-order valence-electron chi connectivity index (χ4n) is 3.10. The molecule has 1 aromatic heterocycles. The summed E-state index contributed by atoms with van der Waals surface area (Å²) in [4.78, 5) is 27.7. The summed E-state index contributed by atoms with van der Waals surface area (Å²) >= 11 is 0. The Morgan fingerprint density at radius 3 is 2.44 bits per heavy atom. The van der Waals surface area contributed by atoms with Crippen LogP contribution >= 0.6 is 0 Å². The number of halogens is 1. The lowest BCUT2D eigenvalue weighted by molar-refractivity contribution is 0.0695. The van der Waals surface area contributed by atoms with Gasteiger partial charge in [-0.25, -0.2) is 9.18 Å². The topological polar surface area (TPSA) is 97.3 Å². The Bertz CT molecular complexity index is 857. The molecule has 1 fully saturated rings. The van der Waals surface area contributed by atoms with Gasteiger partial charge in [0.1, 0.15) is 11.4 Å². The molecule has 0 bridgehead atoms. The molecule has 1 aliphatic heterocycles. The Labute approximate surface area is 144 Å². The number of aryl methyl sites for hydroxylation is 1. The highest BCUT2D eigenvalue weighted by atomic mass is 19.1. The second kappa shape index (κ2) is 7.20. The molecule has 0 spiro atoms. The van der Waals surface area contributed by atoms with Crippen molar-refractivity contribution in [3.05, 3.63) is 39.9 Å². The molecular weight excluding hydrogens is 329 g/mol. The highest BCUT2D eigenvalue weighted by Gasteiger charge is 2.21. The lowest BCUT2D eigenvalue weighted by atomic mass is 10.1. The number of aromatic carboxylic acids is 1. The zero-order valence-electron chi connectivity index (χ0n) is 14.3. The molecule has 0 unspecified atom stereocenters. The summed E-state index contributed by atoms with van der Waals surface area (Å²) in [6, 6.07) is 2.83. The molecule has 7 nitrogen and oxygen atoms in total. The van der Waals surface area contributed by atoms with Crippen LogP contribution in [0.3, 0.4) is 0 Å². The number of likely N-dealkylation sites (N-methyl/N-ethyl adjacent to an activating group) is 1. The van der Waals surface area contributed by atoms with Crippen molar-refractivity contribution in [2.45, 2.75) is 13.5 Å². The molecule has 0 aliphatic carbocycles. The van der Waals surface area contributed by atoms with Gasteiger partial charge in [-0.1, -0.05) is 0 Å². The number of benzene rings is 1. The van der Waals surface area contributed by atoms with Crippen LogP contribution in [0.1, 0.15) is 17.3 Å². The molecule has 25 heavy (non-hydrogen) atoms. The summed E-state index contributed by atoms with van der Waals surface area (Å²) in [5.41, 5.74) is 0.0326. The number of carboxylic acid groups (broad SMARTS) is 1. The molecule has 1 saturated heterocycles. The van der Waals surface area contributed by atoms with Gasteiger partial charge in [0, 0.05) is 44.3 Å². The first kappa shape index (κ1) is 18.9. The summed E-state index contributed by atoms with van der Waals surface area (Å²) in [5.74, 6) is -1.79. The quantitative estimate of drug-likeness (QED) is 0.882. The van der Waals surface area contributed by atoms with Crippen LogP contribution in [0.25, 0.3) is 10.9 Å². The third kappa shape index (κ3) is 3.35. The summed E-state index contributed by atoms with van der Waals surface area (Å²) in [5, 5.41) is 9.28. The predicted molar refractivity (Wildman–Crippen MR) is 94.1 cm³/mol. The molecule has 2 heterocycles. The average molecular weight is 351 g/mol. The van der Waals surface area contributed by atoms with Crippen LogP contribution in [0.5, 0.6) is 0 Å². The van der Waals surface area contributed by atoms with Crippen molar-refractivity contribution in [3.8, 4) is 0 Å². The predicted octanol–water partition coefficient (Wildman–Crippen LogP) is 0.786. The normalized spacial score (nSPS) is 15.2. The van der Waals surface area contributed by atoms with Gasteiger partial charge in [0.25, 0.3) is 0 Å². The van der Waals surface area contributed by atoms with Crippen LogP contribution in [0.15, 0.2) is 23.1 Å². The van der Waals surface area contributed by atoms with E-state index >= 15 is 0 Å². The minimum absolute atomic E-state index is 0. The molecule has 0 amide bonds. The van der Waals surface area contributed by atoms with E-state index in [2.05, 4.69) is 4.90 Å². The number of aromatic nitrogens is 1. The second-order valence-electron chi connectivity index (χ2n) is 6.07. The van der Waals surface area contributed by atoms with Crippen molar-refractivity contribution in [1.29, 1.82) is 0 Å². The Morgan fingerprint density at radius 2 is 1.88 bits per heavy atom. The van der Waals surface area contributed by atoms with E-state index in [9.17, 15) is 19.1 Å². The molecule has 1 aromatic carbocycles. The van der Waals surface area contributed by atoms with Gasteiger partial charge in [-0.15, -0.1) is 0 Å². The highest BCUT2D eigenvalue weighted by molar-refractivity contribution is 5.93. The molecule has 2 aromatic rings. The van der Waals surface area contributed by atoms with Crippen molar-refractivity contribution in [2.75, 3.05) is 38.1 Å². The standard InChI is InChI=1S/C17H20FN3O3.H2O/c1-3-20-10-12(17(23)24)16(22)11-8-13(18)15(9-14(11)20)21-6-4-19(2)5-7-21;/h8-10H,3-7H2,1-2H3,(H,23,24);1H2. The van der Waals surface area contributed by atoms with Gasteiger partial charge in [-0.2, -0.15) is 0 Å². The van der Waals surface area contributed by atoms with E-state index in [1.165, 1.54) is 12.3 Å². The summed E-state index contributed by atoms with van der Waals surface area (Å²) in [6.07, 6.45) is 1.33. The smallest absolute Gasteiger partial charge is 0.341 e. The zero-order chi connectivity index (χ0) is 17.4. The number of pyridine rings is 1. The monoisotopic (exact) mass is 351 g/mol. The maximum Gasteiger partial charge on any atom is 0.341 e. The van der Waals surface area contributed by atoms with Gasteiger partial charge in [-0.05, 0) is 26.1 Å². The van der Waals surface area contributed by atoms with E-state index in [0.717, 1.165) is 13.1 Å². The number of nitrogens with zero attached hydrogens (tertiary/aromatic N) is 3. The Balaban J connectivity index is 0.00000225. The number of carbonyl (C=O) groups is 1. The molecule has 3 N–H and O–H groups in total. The SMILES string of the molecule is CCn1cc(C(=O)O)c(=O)c2cc(F)c(N3CCN(C)CC3)cc21.O. The van der Waals surface area contributed by atoms with Crippen LogP contribution in [-0.2, 0) is 6.54 Å². The number of rotatable bonds is 3. The van der Waals surface area contributed by atoms with Gasteiger partial charge in [0.05, 0.1) is 11.2 Å². The van der Waals surface area contributed by atoms with Crippen LogP contribution < -0.4 is 10.3 Å². The van der Waals surface area contributed by atoms with E-state index in [1.807, 2.05) is 18.9 Å². The lowest BCUT2D eigenvalue weighted by Gasteiger charge is -2.34. The summed E-state index contributed by atoms with van der Waals surface area (Å²) in [6.45, 7) is 5.45. The molecule has 1 aliphatic rings. The van der Waals surface area contributed by atoms with E-state index in [0.29, 0.717) is 30.8 Å². The third-order valence-corrected chi connectivity index (χ3v) is 4.56. The Morgan fingerprint density at radius 1 is 1.24 bits per heavy atom. The first-order valence-corrected chi connectivity index (χ1v) is 7.96. The van der Waals surface area contributed by atoms with E-state index in [-0.39, 0.29) is 16.4 Å². The number of hydrogen-bond donors (Lipinski definition) is 1. The van der Waals surface area contributed by atoms with Crippen molar-refractivity contribution in [1.82, 2.24) is 9.47 Å². The largest absolute Gasteiger partial charge is 0.477 e. The van der Waals surface area contributed by atoms with Crippen LogP contribution in [0.4, 0.5) is 10.1 Å². The highest BCUT2D eigenvalue weighted by Crippen LogP contribution is 2.26. The Hall–Kier alpha value is -2.45. The summed E-state index contributed by atoms with van der Waals surface area (Å²) in [7, 11) is 2.02. The molecule has 136 valence electrons.